The minimum Gasteiger partial charge on any atom is -0.378 e. The van der Waals surface area contributed by atoms with Crippen molar-refractivity contribution in [2.75, 3.05) is 39.4 Å². The first-order valence-corrected chi connectivity index (χ1v) is 7.98. The van der Waals surface area contributed by atoms with Gasteiger partial charge in [0.15, 0.2) is 0 Å². The molecule has 7 nitrogen and oxygen atoms in total. The minimum absolute atomic E-state index is 0.0639. The van der Waals surface area contributed by atoms with Gasteiger partial charge in [-0.1, -0.05) is 13.8 Å². The Morgan fingerprint density at radius 3 is 2.65 bits per heavy atom. The van der Waals surface area contributed by atoms with Crippen LogP contribution in [0, 0.1) is 5.92 Å². The van der Waals surface area contributed by atoms with Gasteiger partial charge in [-0.15, -0.1) is 0 Å². The van der Waals surface area contributed by atoms with Crippen molar-refractivity contribution in [1.82, 2.24) is 19.8 Å². The summed E-state index contributed by atoms with van der Waals surface area (Å²) in [5.41, 5.74) is 0.312. The predicted molar refractivity (Wildman–Crippen MR) is 84.8 cm³/mol. The van der Waals surface area contributed by atoms with E-state index in [-0.39, 0.29) is 11.8 Å². The molecule has 1 aliphatic rings. The summed E-state index contributed by atoms with van der Waals surface area (Å²) in [7, 11) is 0. The maximum atomic E-state index is 12.5. The molecule has 0 radical (unpaired) electrons. The van der Waals surface area contributed by atoms with Crippen LogP contribution in [0.2, 0.25) is 0 Å². The number of aromatic nitrogens is 2. The Bertz CT molecular complexity index is 515. The highest BCUT2D eigenvalue weighted by Crippen LogP contribution is 2.08. The Balaban J connectivity index is 1.95. The largest absolute Gasteiger partial charge is 0.378 e. The van der Waals surface area contributed by atoms with E-state index in [9.17, 15) is 9.59 Å². The second-order valence-electron chi connectivity index (χ2n) is 5.98. The zero-order valence-corrected chi connectivity index (χ0v) is 13.8. The number of morpholine rings is 1. The zero-order valence-electron chi connectivity index (χ0n) is 13.8. The van der Waals surface area contributed by atoms with Gasteiger partial charge in [0.2, 0.25) is 5.91 Å². The molecule has 0 aromatic carbocycles. The summed E-state index contributed by atoms with van der Waals surface area (Å²) in [5, 5.41) is 0. The fraction of sp³-hybridized carbons (Fsp3) is 0.625. The summed E-state index contributed by atoms with van der Waals surface area (Å²) >= 11 is 0. The summed E-state index contributed by atoms with van der Waals surface area (Å²) in [5.74, 6) is 0.199. The molecule has 1 aromatic rings. The molecule has 0 aliphatic carbocycles. The first kappa shape index (κ1) is 17.3. The molecule has 0 unspecified atom stereocenters. The fourth-order valence-electron chi connectivity index (χ4n) is 2.49. The molecule has 23 heavy (non-hydrogen) atoms. The molecule has 1 saturated heterocycles. The third kappa shape index (κ3) is 5.28. The van der Waals surface area contributed by atoms with Gasteiger partial charge >= 0.3 is 0 Å². The lowest BCUT2D eigenvalue weighted by Gasteiger charge is -2.29. The third-order valence-corrected chi connectivity index (χ3v) is 3.61. The van der Waals surface area contributed by atoms with E-state index in [4.69, 9.17) is 4.74 Å². The number of hydrogen-bond donors (Lipinski definition) is 0. The highest BCUT2D eigenvalue weighted by atomic mass is 16.5. The van der Waals surface area contributed by atoms with Crippen LogP contribution >= 0.6 is 0 Å². The van der Waals surface area contributed by atoms with Crippen molar-refractivity contribution in [2.24, 2.45) is 5.92 Å². The second-order valence-corrected chi connectivity index (χ2v) is 5.98. The van der Waals surface area contributed by atoms with Crippen molar-refractivity contribution >= 4 is 11.8 Å². The van der Waals surface area contributed by atoms with Crippen LogP contribution in [0.3, 0.4) is 0 Å². The highest BCUT2D eigenvalue weighted by Gasteiger charge is 2.22. The second kappa shape index (κ2) is 8.57. The molecule has 2 heterocycles. The molecule has 1 fully saturated rings. The van der Waals surface area contributed by atoms with Crippen LogP contribution < -0.4 is 0 Å². The molecule has 0 N–H and O–H groups in total. The normalized spacial score (nSPS) is 14.8. The van der Waals surface area contributed by atoms with Crippen LogP contribution in [0.15, 0.2) is 18.6 Å². The quantitative estimate of drug-likeness (QED) is 0.776. The van der Waals surface area contributed by atoms with Gasteiger partial charge in [-0.2, -0.15) is 0 Å². The van der Waals surface area contributed by atoms with Gasteiger partial charge in [0, 0.05) is 45.0 Å². The molecule has 126 valence electrons. The third-order valence-electron chi connectivity index (χ3n) is 3.61. The summed E-state index contributed by atoms with van der Waals surface area (Å²) in [4.78, 5) is 36.3. The maximum Gasteiger partial charge on any atom is 0.274 e. The average molecular weight is 320 g/mol. The van der Waals surface area contributed by atoms with Crippen molar-refractivity contribution in [3.8, 4) is 0 Å². The van der Waals surface area contributed by atoms with Gasteiger partial charge in [-0.25, -0.2) is 4.98 Å². The molecule has 1 aromatic heterocycles. The first-order chi connectivity index (χ1) is 11.1. The van der Waals surface area contributed by atoms with Crippen molar-refractivity contribution in [1.29, 1.82) is 0 Å². The monoisotopic (exact) mass is 320 g/mol. The standard InChI is InChI=1S/C16H24N4O3/c1-13(2)12-20(16(22)14-11-17-4-5-18-14)6-3-15(21)19-7-9-23-10-8-19/h4-5,11,13H,3,6-10,12H2,1-2H3. The van der Waals surface area contributed by atoms with Crippen LogP contribution in [-0.2, 0) is 9.53 Å². The maximum absolute atomic E-state index is 12.5. The van der Waals surface area contributed by atoms with E-state index in [1.54, 1.807) is 9.80 Å². The van der Waals surface area contributed by atoms with E-state index in [1.807, 2.05) is 13.8 Å². The average Bonchev–Trinajstić information content (AvgIpc) is 2.59. The lowest BCUT2D eigenvalue weighted by atomic mass is 10.2. The van der Waals surface area contributed by atoms with Gasteiger partial charge in [-0.3, -0.25) is 14.6 Å². The van der Waals surface area contributed by atoms with Crippen LogP contribution in [0.1, 0.15) is 30.8 Å². The van der Waals surface area contributed by atoms with Crippen LogP contribution in [0.5, 0.6) is 0 Å². The molecule has 0 spiro atoms. The molecule has 2 rings (SSSR count). The van der Waals surface area contributed by atoms with E-state index in [1.165, 1.54) is 18.6 Å². The fourth-order valence-corrected chi connectivity index (χ4v) is 2.49. The van der Waals surface area contributed by atoms with Gasteiger partial charge < -0.3 is 14.5 Å². The van der Waals surface area contributed by atoms with Crippen LogP contribution in [0.4, 0.5) is 0 Å². The molecule has 1 aliphatic heterocycles. The molecule has 0 bridgehead atoms. The Morgan fingerprint density at radius 1 is 1.30 bits per heavy atom. The summed E-state index contributed by atoms with van der Waals surface area (Å²) in [6.45, 7) is 7.49. The van der Waals surface area contributed by atoms with E-state index in [2.05, 4.69) is 9.97 Å². The smallest absolute Gasteiger partial charge is 0.274 e. The molecular weight excluding hydrogens is 296 g/mol. The summed E-state index contributed by atoms with van der Waals surface area (Å²) in [6.07, 6.45) is 4.81. The van der Waals surface area contributed by atoms with Gasteiger partial charge in [-0.05, 0) is 5.92 Å². The SMILES string of the molecule is CC(C)CN(CCC(=O)N1CCOCC1)C(=O)c1cnccn1. The number of ether oxygens (including phenoxy) is 1. The van der Waals surface area contributed by atoms with Crippen LogP contribution in [-0.4, -0.2) is 71.0 Å². The van der Waals surface area contributed by atoms with Gasteiger partial charge in [0.25, 0.3) is 5.91 Å². The Kier molecular flexibility index (Phi) is 6.46. The van der Waals surface area contributed by atoms with Gasteiger partial charge in [0.05, 0.1) is 19.4 Å². The Hall–Kier alpha value is -2.02. The number of amides is 2. The molecule has 2 amide bonds. The lowest BCUT2D eigenvalue weighted by molar-refractivity contribution is -0.135. The Morgan fingerprint density at radius 2 is 2.04 bits per heavy atom. The van der Waals surface area contributed by atoms with E-state index in [0.717, 1.165) is 0 Å². The highest BCUT2D eigenvalue weighted by molar-refractivity contribution is 5.92. The number of nitrogens with zero attached hydrogens (tertiary/aromatic N) is 4. The van der Waals surface area contributed by atoms with Crippen molar-refractivity contribution < 1.29 is 14.3 Å². The van der Waals surface area contributed by atoms with E-state index >= 15 is 0 Å². The van der Waals surface area contributed by atoms with Crippen molar-refractivity contribution in [3.05, 3.63) is 24.3 Å². The number of hydrogen-bond acceptors (Lipinski definition) is 5. The van der Waals surface area contributed by atoms with E-state index < -0.39 is 0 Å². The first-order valence-electron chi connectivity index (χ1n) is 7.98. The molecule has 0 atom stereocenters. The van der Waals surface area contributed by atoms with Crippen molar-refractivity contribution in [3.63, 3.8) is 0 Å². The number of carbonyl (C=O) groups is 2. The summed E-state index contributed by atoms with van der Waals surface area (Å²) < 4.78 is 5.25. The summed E-state index contributed by atoms with van der Waals surface area (Å²) in [6, 6.07) is 0. The van der Waals surface area contributed by atoms with E-state index in [0.29, 0.717) is 57.4 Å². The topological polar surface area (TPSA) is 75.6 Å². The number of carbonyl (C=O) groups excluding carboxylic acids is 2. The van der Waals surface area contributed by atoms with Crippen molar-refractivity contribution in [2.45, 2.75) is 20.3 Å². The molecular formula is C16H24N4O3. The Labute approximate surface area is 136 Å². The molecule has 7 heteroatoms. The van der Waals surface area contributed by atoms with Gasteiger partial charge in [0.1, 0.15) is 5.69 Å². The lowest BCUT2D eigenvalue weighted by Crippen LogP contribution is -2.43. The zero-order chi connectivity index (χ0) is 16.7. The predicted octanol–water partition coefficient (Wildman–Crippen LogP) is 0.824. The minimum atomic E-state index is -0.179. The molecule has 0 saturated carbocycles. The van der Waals surface area contributed by atoms with Crippen LogP contribution in [0.25, 0.3) is 0 Å². The number of rotatable bonds is 6.